The molecular formula is C16H16N2O3S. The van der Waals surface area contributed by atoms with Crippen LogP contribution in [0.3, 0.4) is 0 Å². The number of ether oxygens (including phenoxy) is 1. The molecular weight excluding hydrogens is 300 g/mol. The first-order chi connectivity index (χ1) is 10.7. The SMILES string of the molecule is O=c1c2ccsc2ncn1C[C@H](O)COCc1ccccc1. The molecule has 0 aliphatic heterocycles. The quantitative estimate of drug-likeness (QED) is 0.756. The molecule has 0 unspecified atom stereocenters. The molecule has 0 fully saturated rings. The lowest BCUT2D eigenvalue weighted by Gasteiger charge is -2.13. The summed E-state index contributed by atoms with van der Waals surface area (Å²) >= 11 is 1.43. The minimum Gasteiger partial charge on any atom is -0.389 e. The second-order valence-corrected chi connectivity index (χ2v) is 5.89. The molecule has 114 valence electrons. The van der Waals surface area contributed by atoms with E-state index in [1.807, 2.05) is 35.7 Å². The Hall–Kier alpha value is -2.02. The minimum atomic E-state index is -0.751. The van der Waals surface area contributed by atoms with E-state index in [9.17, 15) is 9.90 Å². The van der Waals surface area contributed by atoms with Crippen molar-refractivity contribution >= 4 is 21.6 Å². The molecule has 0 aliphatic rings. The minimum absolute atomic E-state index is 0.131. The topological polar surface area (TPSA) is 64.4 Å². The van der Waals surface area contributed by atoms with Gasteiger partial charge >= 0.3 is 0 Å². The van der Waals surface area contributed by atoms with Crippen LogP contribution in [-0.4, -0.2) is 27.4 Å². The molecule has 5 nitrogen and oxygen atoms in total. The van der Waals surface area contributed by atoms with Crippen molar-refractivity contribution in [2.45, 2.75) is 19.3 Å². The van der Waals surface area contributed by atoms with Crippen LogP contribution in [0.2, 0.25) is 0 Å². The van der Waals surface area contributed by atoms with Crippen LogP contribution in [0.4, 0.5) is 0 Å². The molecule has 0 amide bonds. The number of fused-ring (bicyclic) bond motifs is 1. The second kappa shape index (κ2) is 6.83. The summed E-state index contributed by atoms with van der Waals surface area (Å²) in [6, 6.07) is 11.5. The first-order valence-corrected chi connectivity index (χ1v) is 7.84. The zero-order valence-electron chi connectivity index (χ0n) is 11.9. The van der Waals surface area contributed by atoms with Crippen molar-refractivity contribution in [1.29, 1.82) is 0 Å². The molecule has 0 saturated carbocycles. The van der Waals surface area contributed by atoms with E-state index in [1.165, 1.54) is 22.2 Å². The maximum Gasteiger partial charge on any atom is 0.262 e. The van der Waals surface area contributed by atoms with Gasteiger partial charge in [0.2, 0.25) is 0 Å². The highest BCUT2D eigenvalue weighted by molar-refractivity contribution is 7.16. The fourth-order valence-corrected chi connectivity index (χ4v) is 2.91. The summed E-state index contributed by atoms with van der Waals surface area (Å²) in [5, 5.41) is 12.4. The van der Waals surface area contributed by atoms with Crippen molar-refractivity contribution in [1.82, 2.24) is 9.55 Å². The Bertz CT molecular complexity index is 798. The maximum atomic E-state index is 12.2. The Balaban J connectivity index is 1.57. The molecule has 6 heteroatoms. The average molecular weight is 316 g/mol. The van der Waals surface area contributed by atoms with E-state index in [-0.39, 0.29) is 18.7 Å². The molecule has 3 aromatic rings. The predicted molar refractivity (Wildman–Crippen MR) is 86.0 cm³/mol. The fraction of sp³-hybridized carbons (Fsp3) is 0.250. The van der Waals surface area contributed by atoms with Gasteiger partial charge in [-0.3, -0.25) is 9.36 Å². The Morgan fingerprint density at radius 2 is 2.09 bits per heavy atom. The van der Waals surface area contributed by atoms with Crippen molar-refractivity contribution in [3.05, 3.63) is 64.0 Å². The highest BCUT2D eigenvalue weighted by atomic mass is 32.1. The Morgan fingerprint density at radius 3 is 2.91 bits per heavy atom. The maximum absolute atomic E-state index is 12.2. The standard InChI is InChI=1S/C16H16N2O3S/c19-13(10-21-9-12-4-2-1-3-5-12)8-18-11-17-15-14(16(18)20)6-7-22-15/h1-7,11,13,19H,8-10H2/t13-/m0/s1. The molecule has 22 heavy (non-hydrogen) atoms. The Labute approximate surface area is 131 Å². The van der Waals surface area contributed by atoms with Gasteiger partial charge in [-0.2, -0.15) is 0 Å². The third kappa shape index (κ3) is 3.41. The Morgan fingerprint density at radius 1 is 1.27 bits per heavy atom. The Kier molecular flexibility index (Phi) is 4.62. The van der Waals surface area contributed by atoms with Crippen molar-refractivity contribution in [3.8, 4) is 0 Å². The monoisotopic (exact) mass is 316 g/mol. The van der Waals surface area contributed by atoms with E-state index < -0.39 is 6.10 Å². The molecule has 0 aliphatic carbocycles. The van der Waals surface area contributed by atoms with Gasteiger partial charge in [-0.15, -0.1) is 11.3 Å². The number of aliphatic hydroxyl groups is 1. The lowest BCUT2D eigenvalue weighted by Crippen LogP contribution is -2.29. The summed E-state index contributed by atoms with van der Waals surface area (Å²) in [6.45, 7) is 0.782. The largest absolute Gasteiger partial charge is 0.389 e. The van der Waals surface area contributed by atoms with E-state index in [4.69, 9.17) is 4.74 Å². The van der Waals surface area contributed by atoms with Gasteiger partial charge in [0.1, 0.15) is 4.83 Å². The zero-order valence-corrected chi connectivity index (χ0v) is 12.7. The highest BCUT2D eigenvalue weighted by Crippen LogP contribution is 2.13. The number of thiophene rings is 1. The summed E-state index contributed by atoms with van der Waals surface area (Å²) in [5.74, 6) is 0. The second-order valence-electron chi connectivity index (χ2n) is 5.00. The van der Waals surface area contributed by atoms with Gasteiger partial charge < -0.3 is 9.84 Å². The van der Waals surface area contributed by atoms with Gasteiger partial charge in [-0.25, -0.2) is 4.98 Å². The first-order valence-electron chi connectivity index (χ1n) is 6.96. The average Bonchev–Trinajstić information content (AvgIpc) is 3.01. The number of hydrogen-bond donors (Lipinski definition) is 1. The number of aromatic nitrogens is 2. The third-order valence-electron chi connectivity index (χ3n) is 3.28. The number of rotatable bonds is 6. The number of benzene rings is 1. The molecule has 0 spiro atoms. The van der Waals surface area contributed by atoms with Crippen molar-refractivity contribution in [2.24, 2.45) is 0 Å². The van der Waals surface area contributed by atoms with Crippen LogP contribution in [-0.2, 0) is 17.9 Å². The van der Waals surface area contributed by atoms with Gasteiger partial charge in [0.25, 0.3) is 5.56 Å². The summed E-state index contributed by atoms with van der Waals surface area (Å²) in [7, 11) is 0. The van der Waals surface area contributed by atoms with E-state index in [0.29, 0.717) is 12.0 Å². The predicted octanol–water partition coefficient (Wildman–Crippen LogP) is 2.04. The van der Waals surface area contributed by atoms with Crippen LogP contribution in [0.25, 0.3) is 10.2 Å². The molecule has 3 rings (SSSR count). The van der Waals surface area contributed by atoms with Crippen LogP contribution in [0.5, 0.6) is 0 Å². The number of aliphatic hydroxyl groups excluding tert-OH is 1. The van der Waals surface area contributed by atoms with Gasteiger partial charge in [0.15, 0.2) is 0 Å². The highest BCUT2D eigenvalue weighted by Gasteiger charge is 2.10. The molecule has 1 atom stereocenters. The van der Waals surface area contributed by atoms with Crippen molar-refractivity contribution in [3.63, 3.8) is 0 Å². The van der Waals surface area contributed by atoms with Gasteiger partial charge in [0, 0.05) is 0 Å². The third-order valence-corrected chi connectivity index (χ3v) is 4.10. The summed E-state index contributed by atoms with van der Waals surface area (Å²) in [4.78, 5) is 17.1. The van der Waals surface area contributed by atoms with Crippen molar-refractivity contribution < 1.29 is 9.84 Å². The van der Waals surface area contributed by atoms with Crippen LogP contribution in [0.1, 0.15) is 5.56 Å². The normalized spacial score (nSPS) is 12.6. The lowest BCUT2D eigenvalue weighted by atomic mass is 10.2. The molecule has 2 heterocycles. The van der Waals surface area contributed by atoms with Crippen molar-refractivity contribution in [2.75, 3.05) is 6.61 Å². The summed E-state index contributed by atoms with van der Waals surface area (Å²) < 4.78 is 6.90. The fourth-order valence-electron chi connectivity index (χ4n) is 2.19. The van der Waals surface area contributed by atoms with Crippen LogP contribution in [0.15, 0.2) is 52.9 Å². The molecule has 1 N–H and O–H groups in total. The lowest BCUT2D eigenvalue weighted by molar-refractivity contribution is 0.0198. The van der Waals surface area contributed by atoms with E-state index in [1.54, 1.807) is 6.07 Å². The van der Waals surface area contributed by atoms with Gasteiger partial charge in [-0.1, -0.05) is 30.3 Å². The van der Waals surface area contributed by atoms with Gasteiger partial charge in [0.05, 0.1) is 37.6 Å². The first kappa shape index (κ1) is 14.9. The molecule has 1 aromatic carbocycles. The van der Waals surface area contributed by atoms with Crippen LogP contribution >= 0.6 is 11.3 Å². The number of nitrogens with zero attached hydrogens (tertiary/aromatic N) is 2. The summed E-state index contributed by atoms with van der Waals surface area (Å²) in [5.41, 5.74) is 0.918. The van der Waals surface area contributed by atoms with Gasteiger partial charge in [-0.05, 0) is 17.0 Å². The zero-order chi connectivity index (χ0) is 15.4. The molecule has 2 aromatic heterocycles. The smallest absolute Gasteiger partial charge is 0.262 e. The van der Waals surface area contributed by atoms with Crippen LogP contribution in [0, 0.1) is 0 Å². The van der Waals surface area contributed by atoms with E-state index in [2.05, 4.69) is 4.98 Å². The van der Waals surface area contributed by atoms with Crippen LogP contribution < -0.4 is 5.56 Å². The molecule has 0 saturated heterocycles. The summed E-state index contributed by atoms with van der Waals surface area (Å²) in [6.07, 6.45) is 0.723. The molecule has 0 radical (unpaired) electrons. The van der Waals surface area contributed by atoms with E-state index >= 15 is 0 Å². The molecule has 0 bridgehead atoms. The van der Waals surface area contributed by atoms with E-state index in [0.717, 1.165) is 10.4 Å². The number of hydrogen-bond acceptors (Lipinski definition) is 5.